The number of aromatic nitrogens is 2. The Morgan fingerprint density at radius 2 is 2.15 bits per heavy atom. The molecular weight excluding hydrogens is 274 g/mol. The van der Waals surface area contributed by atoms with Gasteiger partial charge in [0.2, 0.25) is 5.91 Å². The van der Waals surface area contributed by atoms with Crippen molar-refractivity contribution in [1.29, 1.82) is 0 Å². The highest BCUT2D eigenvalue weighted by Crippen LogP contribution is 2.19. The Morgan fingerprint density at radius 3 is 2.95 bits per heavy atom. The summed E-state index contributed by atoms with van der Waals surface area (Å²) >= 11 is 6.00. The van der Waals surface area contributed by atoms with Crippen molar-refractivity contribution < 1.29 is 4.79 Å². The van der Waals surface area contributed by atoms with E-state index in [4.69, 9.17) is 11.6 Å². The Hall–Kier alpha value is -1.55. The molecule has 20 heavy (non-hydrogen) atoms. The maximum absolute atomic E-state index is 12.1. The molecule has 106 valence electrons. The summed E-state index contributed by atoms with van der Waals surface area (Å²) in [5, 5.41) is 9.03. The van der Waals surface area contributed by atoms with Crippen LogP contribution in [0.25, 0.3) is 10.9 Å². The molecule has 3 rings (SSSR count). The summed E-state index contributed by atoms with van der Waals surface area (Å²) in [4.78, 5) is 12.1. The van der Waals surface area contributed by atoms with E-state index in [9.17, 15) is 4.79 Å². The lowest BCUT2D eigenvalue weighted by Crippen LogP contribution is -2.38. The van der Waals surface area contributed by atoms with Gasteiger partial charge in [-0.3, -0.25) is 9.48 Å². The van der Waals surface area contributed by atoms with Crippen molar-refractivity contribution in [3.05, 3.63) is 29.4 Å². The van der Waals surface area contributed by atoms with Gasteiger partial charge in [0.15, 0.2) is 0 Å². The van der Waals surface area contributed by atoms with Gasteiger partial charge in [-0.05, 0) is 31.0 Å². The minimum Gasteiger partial charge on any atom is -0.352 e. The molecule has 0 radical (unpaired) electrons. The fourth-order valence-electron chi connectivity index (χ4n) is 2.83. The van der Waals surface area contributed by atoms with Crippen molar-refractivity contribution in [2.45, 2.75) is 44.7 Å². The minimum absolute atomic E-state index is 0.0295. The Balaban J connectivity index is 1.69. The second kappa shape index (κ2) is 5.83. The van der Waals surface area contributed by atoms with Crippen molar-refractivity contribution >= 4 is 28.4 Å². The summed E-state index contributed by atoms with van der Waals surface area (Å²) in [6.07, 6.45) is 7.67. The average Bonchev–Trinajstić information content (AvgIpc) is 2.82. The Morgan fingerprint density at radius 1 is 1.35 bits per heavy atom. The normalized spacial score (nSPS) is 16.4. The molecule has 5 heteroatoms. The van der Waals surface area contributed by atoms with Crippen molar-refractivity contribution in [2.24, 2.45) is 0 Å². The third-order valence-electron chi connectivity index (χ3n) is 3.87. The predicted octanol–water partition coefficient (Wildman–Crippen LogP) is 3.14. The monoisotopic (exact) mass is 291 g/mol. The van der Waals surface area contributed by atoms with E-state index < -0.39 is 0 Å². The predicted molar refractivity (Wildman–Crippen MR) is 79.8 cm³/mol. The topological polar surface area (TPSA) is 46.9 Å². The molecular formula is C15H18ClN3O. The Bertz CT molecular complexity index is 617. The molecule has 4 nitrogen and oxygen atoms in total. The van der Waals surface area contributed by atoms with Crippen LogP contribution in [-0.2, 0) is 11.3 Å². The van der Waals surface area contributed by atoms with E-state index in [-0.39, 0.29) is 12.5 Å². The van der Waals surface area contributed by atoms with Gasteiger partial charge in [0.05, 0.1) is 11.7 Å². The quantitative estimate of drug-likeness (QED) is 0.944. The molecule has 0 aliphatic heterocycles. The molecule has 0 unspecified atom stereocenters. The van der Waals surface area contributed by atoms with E-state index in [1.807, 2.05) is 18.2 Å². The molecule has 1 heterocycles. The number of hydrogen-bond acceptors (Lipinski definition) is 2. The molecule has 1 aliphatic carbocycles. The number of amides is 1. The summed E-state index contributed by atoms with van der Waals surface area (Å²) in [6.45, 7) is 0.250. The van der Waals surface area contributed by atoms with E-state index in [2.05, 4.69) is 10.4 Å². The number of carbonyl (C=O) groups is 1. The maximum atomic E-state index is 12.1. The fourth-order valence-corrected chi connectivity index (χ4v) is 2.99. The SMILES string of the molecule is O=C(Cn1ncc2ccc(Cl)cc21)NC1CCCCC1. The highest BCUT2D eigenvalue weighted by atomic mass is 35.5. The van der Waals surface area contributed by atoms with Crippen molar-refractivity contribution in [3.63, 3.8) is 0 Å². The molecule has 0 atom stereocenters. The summed E-state index contributed by atoms with van der Waals surface area (Å²) < 4.78 is 1.71. The molecule has 0 spiro atoms. The minimum atomic E-state index is 0.0295. The largest absolute Gasteiger partial charge is 0.352 e. The van der Waals surface area contributed by atoms with Crippen LogP contribution in [0.2, 0.25) is 5.02 Å². The number of hydrogen-bond donors (Lipinski definition) is 1. The fraction of sp³-hybridized carbons (Fsp3) is 0.467. The van der Waals surface area contributed by atoms with Crippen LogP contribution in [0.3, 0.4) is 0 Å². The van der Waals surface area contributed by atoms with Gasteiger partial charge in [-0.2, -0.15) is 5.10 Å². The highest BCUT2D eigenvalue weighted by molar-refractivity contribution is 6.31. The van der Waals surface area contributed by atoms with Crippen LogP contribution in [0.4, 0.5) is 0 Å². The van der Waals surface area contributed by atoms with Gasteiger partial charge in [-0.15, -0.1) is 0 Å². The number of rotatable bonds is 3. The second-order valence-electron chi connectivity index (χ2n) is 5.41. The molecule has 1 aromatic heterocycles. The van der Waals surface area contributed by atoms with Gasteiger partial charge in [0, 0.05) is 16.5 Å². The van der Waals surface area contributed by atoms with Gasteiger partial charge in [-0.25, -0.2) is 0 Å². The molecule has 2 aromatic rings. The first-order valence-corrected chi connectivity index (χ1v) is 7.50. The van der Waals surface area contributed by atoms with E-state index >= 15 is 0 Å². The van der Waals surface area contributed by atoms with Crippen LogP contribution < -0.4 is 5.32 Å². The standard InChI is InChI=1S/C15H18ClN3O/c16-12-7-6-11-9-17-19(14(11)8-12)10-15(20)18-13-4-2-1-3-5-13/h6-9,13H,1-5,10H2,(H,18,20). The average molecular weight is 292 g/mol. The van der Waals surface area contributed by atoms with Crippen LogP contribution in [-0.4, -0.2) is 21.7 Å². The number of fused-ring (bicyclic) bond motifs is 1. The highest BCUT2D eigenvalue weighted by Gasteiger charge is 2.16. The lowest BCUT2D eigenvalue weighted by Gasteiger charge is -2.22. The van der Waals surface area contributed by atoms with Crippen molar-refractivity contribution in [3.8, 4) is 0 Å². The number of carbonyl (C=O) groups excluding carboxylic acids is 1. The molecule has 1 aliphatic rings. The second-order valence-corrected chi connectivity index (χ2v) is 5.84. The first-order chi connectivity index (χ1) is 9.72. The Labute approximate surface area is 123 Å². The summed E-state index contributed by atoms with van der Waals surface area (Å²) in [6, 6.07) is 5.93. The van der Waals surface area contributed by atoms with E-state index in [0.717, 1.165) is 23.7 Å². The van der Waals surface area contributed by atoms with Gasteiger partial charge >= 0.3 is 0 Å². The zero-order valence-corrected chi connectivity index (χ0v) is 12.1. The van der Waals surface area contributed by atoms with Gasteiger partial charge in [-0.1, -0.05) is 30.9 Å². The summed E-state index contributed by atoms with van der Waals surface area (Å²) in [5.74, 6) is 0.0295. The summed E-state index contributed by atoms with van der Waals surface area (Å²) in [7, 11) is 0. The molecule has 0 saturated heterocycles. The van der Waals surface area contributed by atoms with Crippen LogP contribution in [0.1, 0.15) is 32.1 Å². The van der Waals surface area contributed by atoms with Crippen molar-refractivity contribution in [2.75, 3.05) is 0 Å². The van der Waals surface area contributed by atoms with Crippen LogP contribution in [0.5, 0.6) is 0 Å². The molecule has 1 fully saturated rings. The lowest BCUT2D eigenvalue weighted by atomic mass is 9.95. The van der Waals surface area contributed by atoms with Crippen LogP contribution in [0.15, 0.2) is 24.4 Å². The zero-order valence-electron chi connectivity index (χ0n) is 11.3. The summed E-state index contributed by atoms with van der Waals surface area (Å²) in [5.41, 5.74) is 0.899. The molecule has 1 N–H and O–H groups in total. The molecule has 1 saturated carbocycles. The first kappa shape index (κ1) is 13.4. The lowest BCUT2D eigenvalue weighted by molar-refractivity contribution is -0.122. The molecule has 0 bridgehead atoms. The number of halogens is 1. The first-order valence-electron chi connectivity index (χ1n) is 7.13. The number of benzene rings is 1. The smallest absolute Gasteiger partial charge is 0.241 e. The number of nitrogens with zero attached hydrogens (tertiary/aromatic N) is 2. The van der Waals surface area contributed by atoms with E-state index in [0.29, 0.717) is 11.1 Å². The zero-order chi connectivity index (χ0) is 13.9. The van der Waals surface area contributed by atoms with Crippen LogP contribution >= 0.6 is 11.6 Å². The maximum Gasteiger partial charge on any atom is 0.241 e. The van der Waals surface area contributed by atoms with Crippen LogP contribution in [0, 0.1) is 0 Å². The third kappa shape index (κ3) is 2.96. The van der Waals surface area contributed by atoms with Gasteiger partial charge in [0.25, 0.3) is 0 Å². The Kier molecular flexibility index (Phi) is 3.92. The number of nitrogens with one attached hydrogen (secondary N) is 1. The third-order valence-corrected chi connectivity index (χ3v) is 4.11. The van der Waals surface area contributed by atoms with E-state index in [1.165, 1.54) is 19.3 Å². The van der Waals surface area contributed by atoms with Gasteiger partial charge in [0.1, 0.15) is 6.54 Å². The van der Waals surface area contributed by atoms with E-state index in [1.54, 1.807) is 10.9 Å². The molecule has 1 amide bonds. The van der Waals surface area contributed by atoms with Gasteiger partial charge < -0.3 is 5.32 Å². The van der Waals surface area contributed by atoms with Crippen molar-refractivity contribution in [1.82, 2.24) is 15.1 Å². The molecule has 1 aromatic carbocycles.